The fraction of sp³-hybridized carbons (Fsp3) is 0.722. The molecule has 0 aromatic carbocycles. The van der Waals surface area contributed by atoms with Gasteiger partial charge in [0, 0.05) is 0 Å². The summed E-state index contributed by atoms with van der Waals surface area (Å²) in [6, 6.07) is 0. The first kappa shape index (κ1) is 18.2. The van der Waals surface area contributed by atoms with Crippen LogP contribution in [0.4, 0.5) is 0 Å². The van der Waals surface area contributed by atoms with Gasteiger partial charge in [-0.1, -0.05) is 0 Å². The van der Waals surface area contributed by atoms with Gasteiger partial charge in [0.1, 0.15) is 0 Å². The Labute approximate surface area is 143 Å². The maximum atomic E-state index is 12.8. The fourth-order valence-electron chi connectivity index (χ4n) is 3.92. The molecule has 0 heterocycles. The summed E-state index contributed by atoms with van der Waals surface area (Å²) in [5.74, 6) is 1.26. The van der Waals surface area contributed by atoms with E-state index in [1.165, 1.54) is 36.0 Å². The van der Waals surface area contributed by atoms with Gasteiger partial charge in [0.25, 0.3) is 0 Å². The number of rotatable bonds is 4. The van der Waals surface area contributed by atoms with Crippen LogP contribution >= 0.6 is 0 Å². The van der Waals surface area contributed by atoms with Gasteiger partial charge in [-0.3, -0.25) is 0 Å². The van der Waals surface area contributed by atoms with Gasteiger partial charge in [-0.25, -0.2) is 0 Å². The molecule has 2 aliphatic rings. The molecule has 0 radical (unpaired) electrons. The first-order chi connectivity index (χ1) is 10.3. The minimum absolute atomic E-state index is 0.303. The van der Waals surface area contributed by atoms with Crippen LogP contribution in [0.2, 0.25) is 13.1 Å². The molecule has 2 aliphatic carbocycles. The Hall–Kier alpha value is -0.119. The number of carbonyl (C=O) groups excluding carboxylic acids is 1. The molecule has 1 saturated carbocycles. The summed E-state index contributed by atoms with van der Waals surface area (Å²) in [6.45, 7) is 13.2. The molecule has 0 spiro atoms. The molecule has 0 bridgehead atoms. The van der Waals surface area contributed by atoms with Gasteiger partial charge in [-0.05, 0) is 0 Å². The molecule has 1 amide bonds. The van der Waals surface area contributed by atoms with Crippen molar-refractivity contribution >= 4 is 12.6 Å². The molecule has 4 heteroatoms. The van der Waals surface area contributed by atoms with Crippen molar-refractivity contribution in [3.8, 4) is 0 Å². The third kappa shape index (κ3) is 3.68. The molecular weight excluding hydrogens is 322 g/mol. The van der Waals surface area contributed by atoms with Gasteiger partial charge in [-0.2, -0.15) is 0 Å². The van der Waals surface area contributed by atoms with Gasteiger partial charge in [0.05, 0.1) is 0 Å². The second-order valence-electron chi connectivity index (χ2n) is 7.46. The number of hydrogen-bond donors (Lipinski definition) is 1. The molecule has 0 aliphatic heterocycles. The Kier molecular flexibility index (Phi) is 6.32. The number of nitrogens with one attached hydrogen (secondary N) is 1. The molecule has 2 rings (SSSR count). The van der Waals surface area contributed by atoms with Gasteiger partial charge in [-0.15, -0.1) is 0 Å². The third-order valence-electron chi connectivity index (χ3n) is 5.74. The van der Waals surface area contributed by atoms with E-state index < -0.39 is 24.0 Å². The molecule has 0 aromatic rings. The van der Waals surface area contributed by atoms with Crippen molar-refractivity contribution < 1.29 is 22.2 Å². The zero-order chi connectivity index (χ0) is 16.4. The van der Waals surface area contributed by atoms with Crippen LogP contribution in [0.3, 0.4) is 0 Å². The monoisotopic (exact) mass is 354 g/mol. The third-order valence-corrected chi connectivity index (χ3v) is 17.2. The average molecular weight is 354 g/mol. The summed E-state index contributed by atoms with van der Waals surface area (Å²) in [5.41, 5.74) is 4.51. The molecule has 0 aromatic heterocycles. The van der Waals surface area contributed by atoms with E-state index in [-0.39, 0.29) is 0 Å². The predicted molar refractivity (Wildman–Crippen MR) is 93.8 cm³/mol. The minimum atomic E-state index is -1.63. The van der Waals surface area contributed by atoms with E-state index in [0.29, 0.717) is 17.7 Å². The van der Waals surface area contributed by atoms with E-state index in [0.717, 1.165) is 12.8 Å². The van der Waals surface area contributed by atoms with Crippen LogP contribution in [0.15, 0.2) is 20.6 Å². The summed E-state index contributed by atoms with van der Waals surface area (Å²) in [7, 11) is 0. The quantitative estimate of drug-likeness (QED) is 0.742. The summed E-state index contributed by atoms with van der Waals surface area (Å²) in [6.07, 6.45) is 6.02. The second-order valence-corrected chi connectivity index (χ2v) is 20.1. The van der Waals surface area contributed by atoms with Crippen LogP contribution in [0.25, 0.3) is 0 Å². The van der Waals surface area contributed by atoms with Crippen molar-refractivity contribution in [3.63, 3.8) is 0 Å². The van der Waals surface area contributed by atoms with Crippen LogP contribution in [0.1, 0.15) is 59.8 Å². The summed E-state index contributed by atoms with van der Waals surface area (Å²) in [5, 5.41) is 0. The van der Waals surface area contributed by atoms with Gasteiger partial charge in [0.15, 0.2) is 0 Å². The van der Waals surface area contributed by atoms with Gasteiger partial charge >= 0.3 is 144 Å². The van der Waals surface area contributed by atoms with E-state index in [9.17, 15) is 4.79 Å². The Balaban J connectivity index is 2.16. The van der Waals surface area contributed by atoms with Crippen molar-refractivity contribution in [1.82, 2.24) is 3.80 Å². The van der Waals surface area contributed by atoms with Crippen molar-refractivity contribution in [2.45, 2.75) is 72.9 Å². The first-order valence-electron chi connectivity index (χ1n) is 8.91. The van der Waals surface area contributed by atoms with E-state index >= 15 is 0 Å². The molecular formula is C18H32NOSiTi. The van der Waals surface area contributed by atoms with Crippen molar-refractivity contribution in [1.29, 1.82) is 0 Å². The van der Waals surface area contributed by atoms with E-state index in [4.69, 9.17) is 0 Å². The summed E-state index contributed by atoms with van der Waals surface area (Å²) in [4.78, 5) is 12.8. The van der Waals surface area contributed by atoms with Crippen molar-refractivity contribution in [3.05, 3.63) is 20.6 Å². The normalized spacial score (nSPS) is 23.5. The molecule has 1 unspecified atom stereocenters. The number of carbonyl (C=O) groups is 1. The second kappa shape index (κ2) is 7.63. The van der Waals surface area contributed by atoms with Crippen LogP contribution in [0, 0.1) is 11.8 Å². The van der Waals surface area contributed by atoms with Crippen molar-refractivity contribution in [2.24, 2.45) is 11.8 Å². The predicted octanol–water partition coefficient (Wildman–Crippen LogP) is 4.46. The Morgan fingerprint density at radius 2 is 1.68 bits per heavy atom. The van der Waals surface area contributed by atoms with Gasteiger partial charge < -0.3 is 0 Å². The summed E-state index contributed by atoms with van der Waals surface area (Å²) < 4.78 is 5.30. The van der Waals surface area contributed by atoms with Crippen LogP contribution < -0.4 is 3.80 Å². The van der Waals surface area contributed by atoms with E-state index in [2.05, 4.69) is 44.6 Å². The zero-order valence-electron chi connectivity index (χ0n) is 15.2. The zero-order valence-corrected chi connectivity index (χ0v) is 17.9. The van der Waals surface area contributed by atoms with Gasteiger partial charge in [0.2, 0.25) is 0 Å². The first-order valence-corrected chi connectivity index (χ1v) is 16.1. The number of amides is 1. The topological polar surface area (TPSA) is 29.1 Å². The van der Waals surface area contributed by atoms with E-state index in [1.54, 1.807) is 3.88 Å². The number of allylic oxidation sites excluding steroid dienone is 4. The Morgan fingerprint density at radius 1 is 1.09 bits per heavy atom. The molecule has 0 saturated heterocycles. The number of hydrogen-bond acceptors (Lipinski definition) is 1. The summed E-state index contributed by atoms with van der Waals surface area (Å²) >= 11 is -1.63. The molecule has 2 nitrogen and oxygen atoms in total. The SMILES string of the molecule is CC1=C(C)C(C)[C]([Ti]([NH]C(=O)C2CCCCC2)[SiH](C)C)=C1C. The van der Waals surface area contributed by atoms with Crippen LogP contribution in [-0.2, 0) is 22.2 Å². The fourth-order valence-corrected chi connectivity index (χ4v) is 14.5. The molecule has 1 atom stereocenters. The molecule has 1 N–H and O–H groups in total. The standard InChI is InChI=1S/C9H13.C7H13NO.C2H7Si.Ti/c1-6-5-7(2)9(4)8(6)3;8-7(9)6-4-2-1-3-5-6;1-3-2;/h6H,1-4H3;6H,1-5H2,(H2,8,9);3H,1-2H3;/q;;;+1/p-1. The van der Waals surface area contributed by atoms with E-state index in [1.807, 2.05) is 0 Å². The maximum absolute atomic E-state index is 12.8. The van der Waals surface area contributed by atoms with Crippen LogP contribution in [0.5, 0.6) is 0 Å². The van der Waals surface area contributed by atoms with Crippen LogP contribution in [-0.4, -0.2) is 12.6 Å². The van der Waals surface area contributed by atoms with Crippen molar-refractivity contribution in [2.75, 3.05) is 0 Å². The Bertz CT molecular complexity index is 503. The molecule has 1 fully saturated rings. The Morgan fingerprint density at radius 3 is 2.14 bits per heavy atom. The molecule has 123 valence electrons. The molecule has 22 heavy (non-hydrogen) atoms. The average Bonchev–Trinajstić information content (AvgIpc) is 2.69.